The van der Waals surface area contributed by atoms with Gasteiger partial charge in [-0.2, -0.15) is 0 Å². The molecule has 2 heterocycles. The summed E-state index contributed by atoms with van der Waals surface area (Å²) < 4.78 is 12.7. The van der Waals surface area contributed by atoms with E-state index in [0.29, 0.717) is 29.8 Å². The Hall–Kier alpha value is -3.62. The van der Waals surface area contributed by atoms with Crippen LogP contribution in [0.3, 0.4) is 0 Å². The number of amides is 2. The molecule has 1 fully saturated rings. The van der Waals surface area contributed by atoms with Crippen molar-refractivity contribution in [2.75, 3.05) is 25.0 Å². The molecule has 0 bridgehead atoms. The summed E-state index contributed by atoms with van der Waals surface area (Å²) in [5.41, 5.74) is 4.00. The Balaban J connectivity index is 1.37. The summed E-state index contributed by atoms with van der Waals surface area (Å²) in [6.07, 6.45) is 1.66. The number of rotatable bonds is 8. The number of nitrogens with zero attached hydrogens (tertiary/aromatic N) is 2. The first kappa shape index (κ1) is 25.0. The number of carbonyl (C=O) groups is 2. The van der Waals surface area contributed by atoms with Gasteiger partial charge in [0.25, 0.3) is 11.8 Å². The lowest BCUT2D eigenvalue weighted by Crippen LogP contribution is -2.37. The number of hydrogen-bond acceptors (Lipinski definition) is 6. The molecule has 0 spiro atoms. The molecule has 1 N–H and O–H groups in total. The molecule has 0 unspecified atom stereocenters. The number of likely N-dealkylation sites (N-methyl/N-ethyl adjacent to an activating group) is 1. The van der Waals surface area contributed by atoms with E-state index in [1.54, 1.807) is 36.4 Å². The van der Waals surface area contributed by atoms with Crippen molar-refractivity contribution in [3.63, 3.8) is 0 Å². The third kappa shape index (κ3) is 5.12. The van der Waals surface area contributed by atoms with E-state index in [0.717, 1.165) is 23.2 Å². The van der Waals surface area contributed by atoms with Crippen LogP contribution in [0.15, 0.2) is 85.5 Å². The fourth-order valence-electron chi connectivity index (χ4n) is 4.88. The first-order chi connectivity index (χ1) is 18.0. The van der Waals surface area contributed by atoms with E-state index in [4.69, 9.17) is 9.47 Å². The maximum Gasteiger partial charge on any atom is 0.266 e. The van der Waals surface area contributed by atoms with Gasteiger partial charge in [-0.05, 0) is 42.4 Å². The lowest BCUT2D eigenvalue weighted by Gasteiger charge is -2.37. The Labute approximate surface area is 216 Å². The third-order valence-electron chi connectivity index (χ3n) is 6.79. The topological polar surface area (TPSA) is 79.3 Å². The van der Waals surface area contributed by atoms with Crippen molar-refractivity contribution in [2.45, 2.75) is 31.5 Å². The van der Waals surface area contributed by atoms with Crippen molar-refractivity contribution in [1.29, 1.82) is 0 Å². The van der Waals surface area contributed by atoms with Gasteiger partial charge < -0.3 is 19.5 Å². The second kappa shape index (κ2) is 10.8. The number of benzene rings is 3. The number of ether oxygens (including phenoxy) is 2. The molecule has 3 atom stereocenters. The molecule has 7 nitrogen and oxygen atoms in total. The highest BCUT2D eigenvalue weighted by Crippen LogP contribution is 2.39. The summed E-state index contributed by atoms with van der Waals surface area (Å²) >= 11 is 0. The highest BCUT2D eigenvalue weighted by molar-refractivity contribution is 6.34. The molecule has 2 amide bonds. The Kier molecular flexibility index (Phi) is 7.30. The average Bonchev–Trinajstić information content (AvgIpc) is 3.18. The van der Waals surface area contributed by atoms with Crippen LogP contribution in [0.4, 0.5) is 5.69 Å². The lowest BCUT2D eigenvalue weighted by atomic mass is 9.99. The quantitative estimate of drug-likeness (QED) is 0.360. The van der Waals surface area contributed by atoms with Gasteiger partial charge in [0.15, 0.2) is 6.29 Å². The molecular formula is C30H30N2O5. The van der Waals surface area contributed by atoms with Crippen LogP contribution in [-0.2, 0) is 16.1 Å². The van der Waals surface area contributed by atoms with Crippen LogP contribution in [0.5, 0.6) is 0 Å². The van der Waals surface area contributed by atoms with Crippen molar-refractivity contribution >= 4 is 17.5 Å². The fraction of sp³-hybridized carbons (Fsp3) is 0.267. The number of hydrogen-bond donors (Lipinski definition) is 1. The fourth-order valence-corrected chi connectivity index (χ4v) is 4.88. The number of fused-ring (bicyclic) bond motifs is 1. The zero-order chi connectivity index (χ0) is 25.9. The van der Waals surface area contributed by atoms with E-state index < -0.39 is 6.29 Å². The normalized spacial score (nSPS) is 21.4. The predicted molar refractivity (Wildman–Crippen MR) is 140 cm³/mol. The van der Waals surface area contributed by atoms with E-state index >= 15 is 0 Å². The van der Waals surface area contributed by atoms with Crippen LogP contribution in [0.25, 0.3) is 0 Å². The maximum atomic E-state index is 12.9. The number of carbonyl (C=O) groups excluding carboxylic acids is 2. The van der Waals surface area contributed by atoms with Gasteiger partial charge in [-0.25, -0.2) is 4.90 Å². The molecule has 37 heavy (non-hydrogen) atoms. The summed E-state index contributed by atoms with van der Waals surface area (Å²) in [7, 11) is 2.03. The van der Waals surface area contributed by atoms with Crippen LogP contribution >= 0.6 is 0 Å². The molecule has 7 heteroatoms. The number of anilines is 1. The van der Waals surface area contributed by atoms with Gasteiger partial charge in [0.2, 0.25) is 0 Å². The van der Waals surface area contributed by atoms with Crippen LogP contribution in [-0.4, -0.2) is 48.1 Å². The van der Waals surface area contributed by atoms with Gasteiger partial charge in [-0.15, -0.1) is 6.58 Å². The summed E-state index contributed by atoms with van der Waals surface area (Å²) in [4.78, 5) is 29.1. The molecule has 5 rings (SSSR count). The molecule has 3 aromatic rings. The summed E-state index contributed by atoms with van der Waals surface area (Å²) in [6.45, 7) is 5.27. The first-order valence-electron chi connectivity index (χ1n) is 12.4. The Morgan fingerprint density at radius 1 is 0.946 bits per heavy atom. The number of imide groups is 1. The van der Waals surface area contributed by atoms with Crippen molar-refractivity contribution in [3.05, 3.63) is 113 Å². The van der Waals surface area contributed by atoms with Gasteiger partial charge in [-0.1, -0.05) is 54.6 Å². The maximum absolute atomic E-state index is 12.9. The minimum atomic E-state index is -0.616. The Morgan fingerprint density at radius 3 is 2.16 bits per heavy atom. The first-order valence-corrected chi connectivity index (χ1v) is 12.4. The van der Waals surface area contributed by atoms with Crippen LogP contribution in [0, 0.1) is 0 Å². The zero-order valence-corrected chi connectivity index (χ0v) is 20.7. The molecule has 190 valence electrons. The minimum absolute atomic E-state index is 0.00797. The van der Waals surface area contributed by atoms with Crippen molar-refractivity contribution in [3.8, 4) is 0 Å². The molecule has 0 aromatic heterocycles. The summed E-state index contributed by atoms with van der Waals surface area (Å²) in [6, 6.07) is 21.8. The van der Waals surface area contributed by atoms with E-state index in [-0.39, 0.29) is 30.6 Å². The molecule has 1 saturated heterocycles. The van der Waals surface area contributed by atoms with E-state index in [1.807, 2.05) is 49.5 Å². The van der Waals surface area contributed by atoms with Gasteiger partial charge in [0.05, 0.1) is 35.6 Å². The minimum Gasteiger partial charge on any atom is -0.392 e. The second-order valence-corrected chi connectivity index (χ2v) is 9.44. The predicted octanol–water partition coefficient (Wildman–Crippen LogP) is 4.64. The van der Waals surface area contributed by atoms with Gasteiger partial charge in [0, 0.05) is 25.1 Å². The highest BCUT2D eigenvalue weighted by Gasteiger charge is 2.37. The Bertz CT molecular complexity index is 1250. The Morgan fingerprint density at radius 2 is 1.57 bits per heavy atom. The van der Waals surface area contributed by atoms with E-state index in [1.165, 1.54) is 4.90 Å². The van der Waals surface area contributed by atoms with Gasteiger partial charge in [-0.3, -0.25) is 9.59 Å². The standard InChI is InChI=1S/C30H30N2O5/c1-3-16-31(2)18-24-17-27(21-10-8-20(19-33)9-11-21)37-30(36-24)22-12-14-23(15-13-22)32-28(34)25-6-4-5-7-26(25)29(32)35/h3-15,24,27,30,33H,1,16-19H2,2H3/t24-,27+,30+/m0/s1. The molecular weight excluding hydrogens is 468 g/mol. The molecule has 2 aliphatic rings. The molecule has 2 aliphatic heterocycles. The zero-order valence-electron chi connectivity index (χ0n) is 20.7. The number of aliphatic hydroxyl groups excluding tert-OH is 1. The largest absolute Gasteiger partial charge is 0.392 e. The molecule has 0 radical (unpaired) electrons. The van der Waals surface area contributed by atoms with Crippen LogP contribution < -0.4 is 4.90 Å². The SMILES string of the molecule is C=CCN(C)C[C@@H]1C[C@H](c2ccc(CO)cc2)O[C@H](c2ccc(N3C(=O)c4ccccc4C3=O)cc2)O1. The van der Waals surface area contributed by atoms with Crippen molar-refractivity contribution in [2.24, 2.45) is 0 Å². The third-order valence-corrected chi connectivity index (χ3v) is 6.79. The smallest absolute Gasteiger partial charge is 0.266 e. The average molecular weight is 499 g/mol. The van der Waals surface area contributed by atoms with Gasteiger partial charge >= 0.3 is 0 Å². The monoisotopic (exact) mass is 498 g/mol. The van der Waals surface area contributed by atoms with Crippen LogP contribution in [0.1, 0.15) is 56.2 Å². The summed E-state index contributed by atoms with van der Waals surface area (Å²) in [5, 5.41) is 9.40. The van der Waals surface area contributed by atoms with E-state index in [9.17, 15) is 14.7 Å². The molecule has 0 saturated carbocycles. The molecule has 0 aliphatic carbocycles. The second-order valence-electron chi connectivity index (χ2n) is 9.44. The number of aliphatic hydroxyl groups is 1. The van der Waals surface area contributed by atoms with Crippen LogP contribution in [0.2, 0.25) is 0 Å². The molecule has 3 aromatic carbocycles. The van der Waals surface area contributed by atoms with E-state index in [2.05, 4.69) is 11.5 Å². The van der Waals surface area contributed by atoms with Gasteiger partial charge in [0.1, 0.15) is 0 Å². The lowest BCUT2D eigenvalue weighted by molar-refractivity contribution is -0.252. The van der Waals surface area contributed by atoms with Crippen molar-refractivity contribution < 1.29 is 24.2 Å². The highest BCUT2D eigenvalue weighted by atomic mass is 16.7. The summed E-state index contributed by atoms with van der Waals surface area (Å²) in [5.74, 6) is -0.648. The van der Waals surface area contributed by atoms with Crippen molar-refractivity contribution in [1.82, 2.24) is 4.90 Å².